The van der Waals surface area contributed by atoms with E-state index in [1.54, 1.807) is 0 Å². The van der Waals surface area contributed by atoms with Crippen molar-refractivity contribution in [2.24, 2.45) is 4.99 Å². The molecule has 0 spiro atoms. The number of rotatable bonds is 8. The van der Waals surface area contributed by atoms with Gasteiger partial charge < -0.3 is 10.6 Å². The van der Waals surface area contributed by atoms with Gasteiger partial charge in [-0.3, -0.25) is 4.99 Å². The number of nitrogens with one attached hydrogen (secondary N) is 3. The fraction of sp³-hybridized carbons (Fsp3) is 0.611. The number of sulfonamides is 1. The van der Waals surface area contributed by atoms with E-state index < -0.39 is 10.0 Å². The second-order valence-electron chi connectivity index (χ2n) is 6.64. The molecule has 0 atom stereocenters. The van der Waals surface area contributed by atoms with Crippen LogP contribution in [0.2, 0.25) is 0 Å². The highest BCUT2D eigenvalue weighted by molar-refractivity contribution is 14.0. The predicted octanol–water partition coefficient (Wildman–Crippen LogP) is 2.22. The number of halogens is 1. The van der Waals surface area contributed by atoms with Crippen molar-refractivity contribution < 1.29 is 8.42 Å². The molecule has 8 heteroatoms. The second-order valence-corrected chi connectivity index (χ2v) is 8.47. The van der Waals surface area contributed by atoms with Crippen LogP contribution in [0.25, 0.3) is 0 Å². The van der Waals surface area contributed by atoms with Gasteiger partial charge in [0.2, 0.25) is 10.0 Å². The van der Waals surface area contributed by atoms with Gasteiger partial charge in [-0.1, -0.05) is 43.2 Å². The van der Waals surface area contributed by atoms with E-state index in [0.717, 1.165) is 38.1 Å². The Morgan fingerprint density at radius 3 is 2.35 bits per heavy atom. The van der Waals surface area contributed by atoms with Crippen LogP contribution in [0, 0.1) is 0 Å². The van der Waals surface area contributed by atoms with E-state index in [2.05, 4.69) is 45.7 Å². The molecule has 26 heavy (non-hydrogen) atoms. The van der Waals surface area contributed by atoms with Crippen molar-refractivity contribution in [1.29, 1.82) is 0 Å². The summed E-state index contributed by atoms with van der Waals surface area (Å²) in [7, 11) is -3.16. The summed E-state index contributed by atoms with van der Waals surface area (Å²) in [6.45, 7) is 4.37. The van der Waals surface area contributed by atoms with Crippen LogP contribution in [0.15, 0.2) is 35.3 Å². The first-order chi connectivity index (χ1) is 12.0. The van der Waals surface area contributed by atoms with Crippen LogP contribution in [0.1, 0.15) is 38.2 Å². The van der Waals surface area contributed by atoms with Crippen molar-refractivity contribution in [3.8, 4) is 0 Å². The first-order valence-corrected chi connectivity index (χ1v) is 10.9. The normalized spacial score (nSPS) is 16.8. The molecule has 1 aliphatic carbocycles. The molecule has 0 unspecified atom stereocenters. The standard InChI is InChI=1S/C18H30N4O2S.HI/c1-3-19-17(20-13-14-22-25(2,23)24)21-15-18(11-7-8-12-18)16-9-5-4-6-10-16;/h4-6,9-10,22H,3,7-8,11-15H2,1-2H3,(H2,19,20,21);1H. The zero-order valence-corrected chi connectivity index (χ0v) is 18.8. The molecule has 0 bridgehead atoms. The van der Waals surface area contributed by atoms with Gasteiger partial charge in [0, 0.05) is 25.0 Å². The van der Waals surface area contributed by atoms with Gasteiger partial charge in [0.25, 0.3) is 0 Å². The van der Waals surface area contributed by atoms with Crippen LogP contribution in [0.5, 0.6) is 0 Å². The van der Waals surface area contributed by atoms with E-state index >= 15 is 0 Å². The van der Waals surface area contributed by atoms with Gasteiger partial charge in [0.15, 0.2) is 5.96 Å². The fourth-order valence-electron chi connectivity index (χ4n) is 3.37. The number of aliphatic imine (C=N–C) groups is 1. The molecule has 1 saturated carbocycles. The molecule has 2 rings (SSSR count). The Balaban J connectivity index is 0.00000338. The maximum absolute atomic E-state index is 11.1. The third-order valence-corrected chi connectivity index (χ3v) is 5.34. The first-order valence-electron chi connectivity index (χ1n) is 8.97. The molecule has 3 N–H and O–H groups in total. The van der Waals surface area contributed by atoms with Gasteiger partial charge in [-0.15, -0.1) is 24.0 Å². The van der Waals surface area contributed by atoms with Gasteiger partial charge in [-0.2, -0.15) is 0 Å². The van der Waals surface area contributed by atoms with Crippen LogP contribution in [0.3, 0.4) is 0 Å². The van der Waals surface area contributed by atoms with Gasteiger partial charge in [-0.25, -0.2) is 13.1 Å². The van der Waals surface area contributed by atoms with Crippen molar-refractivity contribution in [1.82, 2.24) is 15.4 Å². The predicted molar refractivity (Wildman–Crippen MR) is 119 cm³/mol. The fourth-order valence-corrected chi connectivity index (χ4v) is 3.84. The Labute approximate surface area is 174 Å². The average Bonchev–Trinajstić information content (AvgIpc) is 3.06. The number of guanidine groups is 1. The second kappa shape index (κ2) is 11.1. The monoisotopic (exact) mass is 494 g/mol. The molecule has 0 aliphatic heterocycles. The van der Waals surface area contributed by atoms with Crippen LogP contribution in [-0.2, 0) is 15.4 Å². The summed E-state index contributed by atoms with van der Waals surface area (Å²) < 4.78 is 24.7. The lowest BCUT2D eigenvalue weighted by Gasteiger charge is -2.28. The van der Waals surface area contributed by atoms with Gasteiger partial charge in [0.05, 0.1) is 12.8 Å². The molecule has 6 nitrogen and oxygen atoms in total. The smallest absolute Gasteiger partial charge is 0.208 e. The highest BCUT2D eigenvalue weighted by atomic mass is 127. The molecule has 0 heterocycles. The van der Waals surface area contributed by atoms with Crippen LogP contribution in [0.4, 0.5) is 0 Å². The summed E-state index contributed by atoms with van der Waals surface area (Å²) in [5.41, 5.74) is 1.49. The molecule has 1 aliphatic rings. The SMILES string of the molecule is CCNC(=NCC1(c2ccccc2)CCCC1)NCCNS(C)(=O)=O.I. The Kier molecular flexibility index (Phi) is 9.88. The van der Waals surface area contributed by atoms with Gasteiger partial charge in [-0.05, 0) is 25.3 Å². The summed E-state index contributed by atoms with van der Waals surface area (Å²) in [5.74, 6) is 0.736. The Hall–Kier alpha value is -0.870. The Bertz CT molecular complexity index is 659. The van der Waals surface area contributed by atoms with Crippen molar-refractivity contribution in [2.45, 2.75) is 38.0 Å². The number of benzene rings is 1. The van der Waals surface area contributed by atoms with Crippen LogP contribution in [-0.4, -0.2) is 46.8 Å². The minimum absolute atomic E-state index is 0. The maximum atomic E-state index is 11.1. The van der Waals surface area contributed by atoms with Crippen molar-refractivity contribution in [3.63, 3.8) is 0 Å². The van der Waals surface area contributed by atoms with E-state index in [1.165, 1.54) is 18.4 Å². The quantitative estimate of drug-likeness (QED) is 0.224. The molecule has 1 aromatic carbocycles. The molecular formula is C18H31IN4O2S. The summed E-state index contributed by atoms with van der Waals surface area (Å²) in [6, 6.07) is 10.7. The van der Waals surface area contributed by atoms with Crippen LogP contribution >= 0.6 is 24.0 Å². The molecule has 148 valence electrons. The van der Waals surface area contributed by atoms with E-state index in [4.69, 9.17) is 4.99 Å². The third kappa shape index (κ3) is 7.40. The molecule has 0 aromatic heterocycles. The first kappa shape index (κ1) is 23.2. The lowest BCUT2D eigenvalue weighted by atomic mass is 9.79. The summed E-state index contributed by atoms with van der Waals surface area (Å²) in [5, 5.41) is 6.43. The largest absolute Gasteiger partial charge is 0.357 e. The molecule has 1 fully saturated rings. The summed E-state index contributed by atoms with van der Waals surface area (Å²) in [6.07, 6.45) is 5.97. The lowest BCUT2D eigenvalue weighted by Crippen LogP contribution is -2.42. The Morgan fingerprint density at radius 1 is 1.12 bits per heavy atom. The zero-order valence-electron chi connectivity index (χ0n) is 15.6. The topological polar surface area (TPSA) is 82.6 Å². The average molecular weight is 494 g/mol. The molecule has 0 radical (unpaired) electrons. The highest BCUT2D eigenvalue weighted by Crippen LogP contribution is 2.41. The Morgan fingerprint density at radius 2 is 1.77 bits per heavy atom. The van der Waals surface area contributed by atoms with Crippen LogP contribution < -0.4 is 15.4 Å². The lowest BCUT2D eigenvalue weighted by molar-refractivity contribution is 0.452. The van der Waals surface area contributed by atoms with E-state index in [0.29, 0.717) is 13.1 Å². The molecule has 0 saturated heterocycles. The van der Waals surface area contributed by atoms with Gasteiger partial charge >= 0.3 is 0 Å². The maximum Gasteiger partial charge on any atom is 0.208 e. The molecule has 0 amide bonds. The van der Waals surface area contributed by atoms with E-state index in [9.17, 15) is 8.42 Å². The van der Waals surface area contributed by atoms with Crippen molar-refractivity contribution >= 4 is 40.0 Å². The summed E-state index contributed by atoms with van der Waals surface area (Å²) in [4.78, 5) is 4.80. The highest BCUT2D eigenvalue weighted by Gasteiger charge is 2.35. The van der Waals surface area contributed by atoms with Gasteiger partial charge in [0.1, 0.15) is 0 Å². The zero-order chi connectivity index (χ0) is 18.2. The third-order valence-electron chi connectivity index (χ3n) is 4.61. The number of hydrogen-bond acceptors (Lipinski definition) is 3. The minimum atomic E-state index is -3.16. The van der Waals surface area contributed by atoms with Crippen molar-refractivity contribution in [3.05, 3.63) is 35.9 Å². The molecule has 1 aromatic rings. The van der Waals surface area contributed by atoms with Crippen molar-refractivity contribution in [2.75, 3.05) is 32.4 Å². The molecular weight excluding hydrogens is 463 g/mol. The number of nitrogens with zero attached hydrogens (tertiary/aromatic N) is 1. The van der Waals surface area contributed by atoms with E-state index in [-0.39, 0.29) is 29.4 Å². The number of hydrogen-bond donors (Lipinski definition) is 3. The summed E-state index contributed by atoms with van der Waals surface area (Å²) >= 11 is 0. The minimum Gasteiger partial charge on any atom is -0.357 e. The van der Waals surface area contributed by atoms with E-state index in [1.807, 2.05) is 6.92 Å².